The van der Waals surface area contributed by atoms with E-state index in [4.69, 9.17) is 9.47 Å². The summed E-state index contributed by atoms with van der Waals surface area (Å²) in [5.74, 6) is 0. The van der Waals surface area contributed by atoms with Gasteiger partial charge in [-0.15, -0.1) is 0 Å². The number of carbonyl (C=O) groups excluding carboxylic acids is 2. The third-order valence-electron chi connectivity index (χ3n) is 2.70. The summed E-state index contributed by atoms with van der Waals surface area (Å²) in [5.41, 5.74) is 1.68. The molecule has 1 N–H and O–H groups in total. The van der Waals surface area contributed by atoms with Crippen LogP contribution in [0.25, 0.3) is 0 Å². The molecule has 0 aliphatic heterocycles. The number of rotatable bonds is 2. The first-order valence-corrected chi connectivity index (χ1v) is 7.82. The SMILES string of the molecule is CC(c1ccccn1)N(NC(=O)OC(C)(C)C)C(=O)OC(C)(C)C. The molecule has 7 heteroatoms. The van der Waals surface area contributed by atoms with Crippen molar-refractivity contribution in [2.75, 3.05) is 0 Å². The molecular formula is C17H27N3O4. The van der Waals surface area contributed by atoms with Crippen LogP contribution < -0.4 is 5.43 Å². The molecule has 1 rings (SSSR count). The summed E-state index contributed by atoms with van der Waals surface area (Å²) >= 11 is 0. The Morgan fingerprint density at radius 1 is 1.08 bits per heavy atom. The standard InChI is InChI=1S/C17H27N3O4/c1-12(13-10-8-9-11-18-13)20(15(22)24-17(5,6)7)19-14(21)23-16(2,3)4/h8-12H,1-7H3,(H,19,21). The molecule has 1 atom stereocenters. The molecule has 0 radical (unpaired) electrons. The molecule has 0 spiro atoms. The van der Waals surface area contributed by atoms with Crippen LogP contribution >= 0.6 is 0 Å². The minimum atomic E-state index is -0.740. The van der Waals surface area contributed by atoms with Crippen molar-refractivity contribution in [1.29, 1.82) is 0 Å². The number of carbonyl (C=O) groups is 2. The molecule has 1 heterocycles. The molecule has 24 heavy (non-hydrogen) atoms. The molecule has 0 saturated carbocycles. The third-order valence-corrected chi connectivity index (χ3v) is 2.70. The lowest BCUT2D eigenvalue weighted by Gasteiger charge is -2.32. The van der Waals surface area contributed by atoms with E-state index in [9.17, 15) is 9.59 Å². The first-order valence-electron chi connectivity index (χ1n) is 7.82. The second-order valence-electron chi connectivity index (χ2n) is 7.39. The Hall–Kier alpha value is -2.31. The van der Waals surface area contributed by atoms with Gasteiger partial charge in [0, 0.05) is 6.20 Å². The summed E-state index contributed by atoms with van der Waals surface area (Å²) in [6.07, 6.45) is 0.190. The maximum atomic E-state index is 12.5. The molecule has 1 aromatic rings. The van der Waals surface area contributed by atoms with E-state index in [0.717, 1.165) is 5.01 Å². The highest BCUT2D eigenvalue weighted by molar-refractivity contribution is 5.74. The lowest BCUT2D eigenvalue weighted by Crippen LogP contribution is -2.50. The van der Waals surface area contributed by atoms with Crippen molar-refractivity contribution in [1.82, 2.24) is 15.4 Å². The smallest absolute Gasteiger partial charge is 0.429 e. The number of aromatic nitrogens is 1. The van der Waals surface area contributed by atoms with E-state index in [1.165, 1.54) is 0 Å². The fraction of sp³-hybridized carbons (Fsp3) is 0.588. The highest BCUT2D eigenvalue weighted by Gasteiger charge is 2.30. The van der Waals surface area contributed by atoms with Crippen LogP contribution in [0.15, 0.2) is 24.4 Å². The van der Waals surface area contributed by atoms with Crippen LogP contribution in [-0.2, 0) is 9.47 Å². The van der Waals surface area contributed by atoms with Gasteiger partial charge in [-0.05, 0) is 60.6 Å². The van der Waals surface area contributed by atoms with Gasteiger partial charge in [-0.25, -0.2) is 20.0 Å². The molecule has 0 bridgehead atoms. The minimum Gasteiger partial charge on any atom is -0.443 e. The van der Waals surface area contributed by atoms with E-state index < -0.39 is 29.4 Å². The predicted molar refractivity (Wildman–Crippen MR) is 90.1 cm³/mol. The Morgan fingerprint density at radius 3 is 2.12 bits per heavy atom. The fourth-order valence-electron chi connectivity index (χ4n) is 1.77. The second kappa shape index (κ2) is 7.51. The molecule has 0 fully saturated rings. The molecule has 0 aliphatic rings. The van der Waals surface area contributed by atoms with Crippen LogP contribution in [0.4, 0.5) is 9.59 Å². The highest BCUT2D eigenvalue weighted by atomic mass is 16.6. The lowest BCUT2D eigenvalue weighted by atomic mass is 10.2. The van der Waals surface area contributed by atoms with Crippen LogP contribution in [-0.4, -0.2) is 33.4 Å². The summed E-state index contributed by atoms with van der Waals surface area (Å²) < 4.78 is 10.6. The van der Waals surface area contributed by atoms with Gasteiger partial charge in [-0.3, -0.25) is 4.98 Å². The minimum absolute atomic E-state index is 0.534. The predicted octanol–water partition coefficient (Wildman–Crippen LogP) is 3.82. The number of nitrogens with zero attached hydrogens (tertiary/aromatic N) is 2. The van der Waals surface area contributed by atoms with Gasteiger partial charge in [-0.1, -0.05) is 6.07 Å². The Kier molecular flexibility index (Phi) is 6.17. The quantitative estimate of drug-likeness (QED) is 0.830. The number of amides is 2. The van der Waals surface area contributed by atoms with Crippen LogP contribution in [0.5, 0.6) is 0 Å². The molecule has 0 aromatic carbocycles. The zero-order valence-electron chi connectivity index (χ0n) is 15.4. The van der Waals surface area contributed by atoms with Gasteiger partial charge < -0.3 is 9.47 Å². The summed E-state index contributed by atoms with van der Waals surface area (Å²) in [5, 5.41) is 1.08. The van der Waals surface area contributed by atoms with E-state index in [0.29, 0.717) is 5.69 Å². The Balaban J connectivity index is 2.99. The molecule has 1 aromatic heterocycles. The average Bonchev–Trinajstić information content (AvgIpc) is 2.41. The van der Waals surface area contributed by atoms with Crippen LogP contribution in [0.3, 0.4) is 0 Å². The van der Waals surface area contributed by atoms with Crippen molar-refractivity contribution < 1.29 is 19.1 Å². The van der Waals surface area contributed by atoms with Crippen molar-refractivity contribution in [3.63, 3.8) is 0 Å². The Morgan fingerprint density at radius 2 is 1.67 bits per heavy atom. The summed E-state index contributed by atoms with van der Waals surface area (Å²) in [7, 11) is 0. The van der Waals surface area contributed by atoms with Gasteiger partial charge >= 0.3 is 12.2 Å². The van der Waals surface area contributed by atoms with Crippen molar-refractivity contribution in [2.24, 2.45) is 0 Å². The first kappa shape index (κ1) is 19.7. The molecule has 1 unspecified atom stereocenters. The maximum Gasteiger partial charge on any atom is 0.429 e. The average molecular weight is 337 g/mol. The van der Waals surface area contributed by atoms with Crippen LogP contribution in [0.1, 0.15) is 60.2 Å². The zero-order valence-corrected chi connectivity index (χ0v) is 15.4. The monoisotopic (exact) mass is 337 g/mol. The Bertz CT molecular complexity index is 561. The third kappa shape index (κ3) is 6.85. The molecule has 134 valence electrons. The summed E-state index contributed by atoms with van der Waals surface area (Å²) in [6, 6.07) is 4.81. The van der Waals surface area contributed by atoms with Gasteiger partial charge in [0.05, 0.1) is 11.7 Å². The number of ether oxygens (including phenoxy) is 2. The van der Waals surface area contributed by atoms with Gasteiger partial charge in [0.2, 0.25) is 0 Å². The zero-order chi connectivity index (χ0) is 18.5. The largest absolute Gasteiger partial charge is 0.443 e. The lowest BCUT2D eigenvalue weighted by molar-refractivity contribution is -0.00845. The summed E-state index contributed by atoms with van der Waals surface area (Å²) in [6.45, 7) is 12.2. The number of pyridine rings is 1. The van der Waals surface area contributed by atoms with Crippen molar-refractivity contribution in [2.45, 2.75) is 65.7 Å². The molecule has 0 aliphatic carbocycles. The number of hydrazine groups is 1. The fourth-order valence-corrected chi connectivity index (χ4v) is 1.77. The molecule has 7 nitrogen and oxygen atoms in total. The highest BCUT2D eigenvalue weighted by Crippen LogP contribution is 2.20. The Labute approximate surface area is 143 Å². The normalized spacial score (nSPS) is 13.0. The number of nitrogens with one attached hydrogen (secondary N) is 1. The van der Waals surface area contributed by atoms with Crippen molar-refractivity contribution >= 4 is 12.2 Å². The van der Waals surface area contributed by atoms with Crippen molar-refractivity contribution in [3.05, 3.63) is 30.1 Å². The van der Waals surface area contributed by atoms with Gasteiger partial charge in [0.1, 0.15) is 11.2 Å². The number of hydrogen-bond acceptors (Lipinski definition) is 5. The van der Waals surface area contributed by atoms with E-state index in [2.05, 4.69) is 10.4 Å². The maximum absolute atomic E-state index is 12.5. The van der Waals surface area contributed by atoms with E-state index >= 15 is 0 Å². The van der Waals surface area contributed by atoms with E-state index in [1.807, 2.05) is 0 Å². The molecule has 0 saturated heterocycles. The van der Waals surface area contributed by atoms with E-state index in [-0.39, 0.29) is 0 Å². The molecule has 2 amide bonds. The first-order chi connectivity index (χ1) is 10.9. The van der Waals surface area contributed by atoms with Crippen molar-refractivity contribution in [3.8, 4) is 0 Å². The topological polar surface area (TPSA) is 80.8 Å². The second-order valence-corrected chi connectivity index (χ2v) is 7.39. The van der Waals surface area contributed by atoms with Crippen LogP contribution in [0.2, 0.25) is 0 Å². The van der Waals surface area contributed by atoms with Crippen LogP contribution in [0, 0.1) is 0 Å². The van der Waals surface area contributed by atoms with E-state index in [1.54, 1.807) is 72.9 Å². The van der Waals surface area contributed by atoms with Gasteiger partial charge in [-0.2, -0.15) is 0 Å². The van der Waals surface area contributed by atoms with Gasteiger partial charge in [0.25, 0.3) is 0 Å². The summed E-state index contributed by atoms with van der Waals surface area (Å²) in [4.78, 5) is 28.8. The van der Waals surface area contributed by atoms with Gasteiger partial charge in [0.15, 0.2) is 0 Å². The number of hydrogen-bond donors (Lipinski definition) is 1. The molecular weight excluding hydrogens is 310 g/mol.